The van der Waals surface area contributed by atoms with E-state index in [2.05, 4.69) is 34.7 Å². The van der Waals surface area contributed by atoms with Gasteiger partial charge in [0.1, 0.15) is 0 Å². The highest BCUT2D eigenvalue weighted by Crippen LogP contribution is 2.28. The average Bonchev–Trinajstić information content (AvgIpc) is 3.09. The van der Waals surface area contributed by atoms with E-state index in [0.29, 0.717) is 6.04 Å². The molecule has 5 heteroatoms. The van der Waals surface area contributed by atoms with Crippen LogP contribution in [0.25, 0.3) is 0 Å². The predicted octanol–water partition coefficient (Wildman–Crippen LogP) is 2.69. The summed E-state index contributed by atoms with van der Waals surface area (Å²) < 4.78 is 5.61. The van der Waals surface area contributed by atoms with Crippen LogP contribution < -0.4 is 10.6 Å². The highest BCUT2D eigenvalue weighted by atomic mass is 127. The van der Waals surface area contributed by atoms with Crippen LogP contribution >= 0.6 is 24.0 Å². The molecule has 2 aliphatic rings. The van der Waals surface area contributed by atoms with Gasteiger partial charge in [0.05, 0.1) is 0 Å². The van der Waals surface area contributed by atoms with Crippen molar-refractivity contribution in [2.45, 2.75) is 45.1 Å². The zero-order valence-electron chi connectivity index (χ0n) is 12.4. The summed E-state index contributed by atoms with van der Waals surface area (Å²) in [6.45, 7) is 5.63. The largest absolute Gasteiger partial charge is 0.381 e. The maximum absolute atomic E-state index is 5.61. The van der Waals surface area contributed by atoms with Gasteiger partial charge in [-0.2, -0.15) is 0 Å². The Kier molecular flexibility index (Phi) is 9.26. The van der Waals surface area contributed by atoms with Crippen molar-refractivity contribution in [2.24, 2.45) is 10.9 Å². The van der Waals surface area contributed by atoms with Crippen LogP contribution in [0.15, 0.2) is 17.1 Å². The number of guanidine groups is 1. The molecule has 0 amide bonds. The first-order chi connectivity index (χ1) is 9.38. The lowest BCUT2D eigenvalue weighted by Gasteiger charge is -2.16. The smallest absolute Gasteiger partial charge is 0.191 e. The van der Waals surface area contributed by atoms with Crippen molar-refractivity contribution in [2.75, 3.05) is 26.3 Å². The Morgan fingerprint density at radius 2 is 2.05 bits per heavy atom. The molecule has 2 aliphatic carbocycles. The molecule has 0 saturated heterocycles. The van der Waals surface area contributed by atoms with E-state index in [-0.39, 0.29) is 24.0 Å². The van der Waals surface area contributed by atoms with E-state index in [1.807, 2.05) is 0 Å². The molecule has 0 heterocycles. The maximum atomic E-state index is 5.61. The zero-order valence-corrected chi connectivity index (χ0v) is 14.8. The van der Waals surface area contributed by atoms with Crippen LogP contribution in [-0.2, 0) is 4.74 Å². The van der Waals surface area contributed by atoms with Crippen molar-refractivity contribution in [3.8, 4) is 0 Å². The minimum Gasteiger partial charge on any atom is -0.381 e. The minimum absolute atomic E-state index is 0. The fraction of sp³-hybridized carbons (Fsp3) is 0.800. The Labute approximate surface area is 139 Å². The average molecular weight is 393 g/mol. The number of nitrogens with one attached hydrogen (secondary N) is 2. The van der Waals surface area contributed by atoms with Gasteiger partial charge in [-0.3, -0.25) is 4.99 Å². The lowest BCUT2D eigenvalue weighted by atomic mass is 10.2. The third-order valence-corrected chi connectivity index (χ3v) is 3.46. The number of hydrogen-bond donors (Lipinski definition) is 2. The van der Waals surface area contributed by atoms with Crippen molar-refractivity contribution in [1.82, 2.24) is 10.6 Å². The number of nitrogens with zero attached hydrogens (tertiary/aromatic N) is 1. The fourth-order valence-corrected chi connectivity index (χ4v) is 2.14. The van der Waals surface area contributed by atoms with E-state index in [0.717, 1.165) is 57.4 Å². The SMILES string of the molecule is CCNC(=NCCCOCC1CC1)NC1CC=CC1.I. The normalized spacial score (nSPS) is 18.9. The van der Waals surface area contributed by atoms with E-state index < -0.39 is 0 Å². The predicted molar refractivity (Wildman–Crippen MR) is 94.9 cm³/mol. The van der Waals surface area contributed by atoms with Gasteiger partial charge in [0.2, 0.25) is 0 Å². The quantitative estimate of drug-likeness (QED) is 0.219. The summed E-state index contributed by atoms with van der Waals surface area (Å²) in [4.78, 5) is 4.60. The summed E-state index contributed by atoms with van der Waals surface area (Å²) >= 11 is 0. The van der Waals surface area contributed by atoms with Gasteiger partial charge in [-0.15, -0.1) is 24.0 Å². The molecule has 116 valence electrons. The van der Waals surface area contributed by atoms with Crippen LogP contribution in [0.2, 0.25) is 0 Å². The molecule has 2 rings (SSSR count). The molecule has 1 saturated carbocycles. The van der Waals surface area contributed by atoms with Gasteiger partial charge in [0, 0.05) is 32.3 Å². The summed E-state index contributed by atoms with van der Waals surface area (Å²) in [5.41, 5.74) is 0. The zero-order chi connectivity index (χ0) is 13.3. The van der Waals surface area contributed by atoms with Gasteiger partial charge in [-0.05, 0) is 44.9 Å². The maximum Gasteiger partial charge on any atom is 0.191 e. The van der Waals surface area contributed by atoms with Gasteiger partial charge in [-0.25, -0.2) is 0 Å². The van der Waals surface area contributed by atoms with Crippen molar-refractivity contribution in [1.29, 1.82) is 0 Å². The second-order valence-electron chi connectivity index (χ2n) is 5.42. The third kappa shape index (κ3) is 7.47. The Morgan fingerprint density at radius 1 is 1.30 bits per heavy atom. The summed E-state index contributed by atoms with van der Waals surface area (Å²) in [5.74, 6) is 1.80. The monoisotopic (exact) mass is 393 g/mol. The molecule has 0 aromatic carbocycles. The minimum atomic E-state index is 0. The van der Waals surface area contributed by atoms with Crippen molar-refractivity contribution < 1.29 is 4.74 Å². The molecular weight excluding hydrogens is 365 g/mol. The first-order valence-corrected chi connectivity index (χ1v) is 7.66. The first kappa shape index (κ1) is 17.8. The molecule has 0 spiro atoms. The van der Waals surface area contributed by atoms with Gasteiger partial charge >= 0.3 is 0 Å². The Hall–Kier alpha value is -0.300. The summed E-state index contributed by atoms with van der Waals surface area (Å²) in [7, 11) is 0. The van der Waals surface area contributed by atoms with Gasteiger partial charge in [0.15, 0.2) is 5.96 Å². The van der Waals surface area contributed by atoms with Crippen LogP contribution in [-0.4, -0.2) is 38.3 Å². The molecule has 0 atom stereocenters. The van der Waals surface area contributed by atoms with E-state index >= 15 is 0 Å². The number of rotatable bonds is 8. The molecule has 0 aromatic heterocycles. The van der Waals surface area contributed by atoms with Crippen molar-refractivity contribution >= 4 is 29.9 Å². The van der Waals surface area contributed by atoms with Gasteiger partial charge in [0.25, 0.3) is 0 Å². The summed E-state index contributed by atoms with van der Waals surface area (Å²) in [6, 6.07) is 0.518. The molecule has 0 unspecified atom stereocenters. The van der Waals surface area contributed by atoms with Crippen LogP contribution in [0.3, 0.4) is 0 Å². The molecule has 0 aromatic rings. The Bertz CT molecular complexity index is 308. The van der Waals surface area contributed by atoms with Crippen LogP contribution in [0, 0.1) is 5.92 Å². The molecule has 0 radical (unpaired) electrons. The van der Waals surface area contributed by atoms with Crippen molar-refractivity contribution in [3.63, 3.8) is 0 Å². The number of ether oxygens (including phenoxy) is 1. The summed E-state index contributed by atoms with van der Waals surface area (Å²) in [5, 5.41) is 6.77. The molecule has 0 bridgehead atoms. The summed E-state index contributed by atoms with van der Waals surface area (Å²) in [6.07, 6.45) is 10.4. The Morgan fingerprint density at radius 3 is 2.70 bits per heavy atom. The van der Waals surface area contributed by atoms with E-state index in [1.54, 1.807) is 0 Å². The van der Waals surface area contributed by atoms with Crippen LogP contribution in [0.1, 0.15) is 39.0 Å². The van der Waals surface area contributed by atoms with Gasteiger partial charge in [-0.1, -0.05) is 12.2 Å². The van der Waals surface area contributed by atoms with Crippen molar-refractivity contribution in [3.05, 3.63) is 12.2 Å². The molecular formula is C15H28IN3O. The van der Waals surface area contributed by atoms with E-state index in [9.17, 15) is 0 Å². The van der Waals surface area contributed by atoms with E-state index in [4.69, 9.17) is 4.74 Å². The van der Waals surface area contributed by atoms with Crippen LogP contribution in [0.4, 0.5) is 0 Å². The number of aliphatic imine (C=N–C) groups is 1. The third-order valence-electron chi connectivity index (χ3n) is 3.46. The topological polar surface area (TPSA) is 45.7 Å². The highest BCUT2D eigenvalue weighted by Gasteiger charge is 2.20. The highest BCUT2D eigenvalue weighted by molar-refractivity contribution is 14.0. The second-order valence-corrected chi connectivity index (χ2v) is 5.42. The number of halogens is 1. The molecule has 0 aliphatic heterocycles. The molecule has 20 heavy (non-hydrogen) atoms. The van der Waals surface area contributed by atoms with Crippen LogP contribution in [0.5, 0.6) is 0 Å². The molecule has 4 nitrogen and oxygen atoms in total. The van der Waals surface area contributed by atoms with E-state index in [1.165, 1.54) is 12.8 Å². The first-order valence-electron chi connectivity index (χ1n) is 7.66. The lowest BCUT2D eigenvalue weighted by molar-refractivity contribution is 0.123. The molecule has 2 N–H and O–H groups in total. The Balaban J connectivity index is 0.00000200. The fourth-order valence-electron chi connectivity index (χ4n) is 2.14. The van der Waals surface area contributed by atoms with Gasteiger partial charge < -0.3 is 15.4 Å². The molecule has 1 fully saturated rings. The number of hydrogen-bond acceptors (Lipinski definition) is 2. The standard InChI is InChI=1S/C15H27N3O.HI/c1-2-16-15(18-14-6-3-4-7-14)17-10-5-11-19-12-13-8-9-13;/h3-4,13-14H,2,5-12H2,1H3,(H2,16,17,18);1H. The lowest BCUT2D eigenvalue weighted by Crippen LogP contribution is -2.42. The second kappa shape index (κ2) is 10.4.